The molecule has 0 unspecified atom stereocenters. The van der Waals surface area contributed by atoms with Gasteiger partial charge in [0, 0.05) is 5.75 Å². The molecule has 4 nitrogen and oxygen atoms in total. The first kappa shape index (κ1) is 19.3. The third kappa shape index (κ3) is 4.20. The van der Waals surface area contributed by atoms with Gasteiger partial charge in [0.2, 0.25) is 0 Å². The molecule has 29 heavy (non-hydrogen) atoms. The standard InChI is InChI=1S/C23H19FN2O2S/c24-20-10-3-4-11-21(20)28-16-7-5-6-15(12-16)14-29-23-18-9-2-1-8-17(18)19(13-25)22(27)26-23/h3-7,10-12H,1-2,8-9,14H2,(H,26,27). The summed E-state index contributed by atoms with van der Waals surface area (Å²) >= 11 is 1.55. The molecular weight excluding hydrogens is 387 g/mol. The first-order valence-corrected chi connectivity index (χ1v) is 10.5. The lowest BCUT2D eigenvalue weighted by Crippen LogP contribution is -2.20. The number of hydrogen-bond acceptors (Lipinski definition) is 4. The van der Waals surface area contributed by atoms with Crippen LogP contribution in [0.3, 0.4) is 0 Å². The molecular formula is C23H19FN2O2S. The summed E-state index contributed by atoms with van der Waals surface area (Å²) in [6.07, 6.45) is 3.72. The molecule has 4 rings (SSSR count). The molecule has 1 aliphatic carbocycles. The van der Waals surface area contributed by atoms with Crippen LogP contribution >= 0.6 is 11.8 Å². The number of aromatic amines is 1. The zero-order valence-electron chi connectivity index (χ0n) is 15.7. The summed E-state index contributed by atoms with van der Waals surface area (Å²) in [6.45, 7) is 0. The Morgan fingerprint density at radius 2 is 1.90 bits per heavy atom. The molecule has 0 saturated carbocycles. The molecule has 6 heteroatoms. The number of fused-ring (bicyclic) bond motifs is 1. The van der Waals surface area contributed by atoms with E-state index in [1.165, 1.54) is 6.07 Å². The Hall–Kier alpha value is -3.04. The average molecular weight is 406 g/mol. The van der Waals surface area contributed by atoms with E-state index in [1.54, 1.807) is 36.0 Å². The van der Waals surface area contributed by atoms with Crippen LogP contribution in [0.4, 0.5) is 4.39 Å². The molecule has 0 fully saturated rings. The Bertz CT molecular complexity index is 1150. The lowest BCUT2D eigenvalue weighted by Gasteiger charge is -2.19. The molecule has 0 atom stereocenters. The quantitative estimate of drug-likeness (QED) is 0.580. The van der Waals surface area contributed by atoms with Crippen LogP contribution in [0, 0.1) is 17.1 Å². The highest BCUT2D eigenvalue weighted by Gasteiger charge is 2.20. The molecule has 146 valence electrons. The van der Waals surface area contributed by atoms with Gasteiger partial charge < -0.3 is 9.72 Å². The van der Waals surface area contributed by atoms with Crippen LogP contribution in [0.1, 0.15) is 35.1 Å². The van der Waals surface area contributed by atoms with Crippen molar-refractivity contribution in [3.8, 4) is 17.6 Å². The molecule has 0 spiro atoms. The Labute approximate surface area is 172 Å². The molecule has 0 amide bonds. The van der Waals surface area contributed by atoms with Crippen LogP contribution in [-0.4, -0.2) is 4.98 Å². The smallest absolute Gasteiger partial charge is 0.267 e. The van der Waals surface area contributed by atoms with Crippen molar-refractivity contribution in [2.75, 3.05) is 0 Å². The highest BCUT2D eigenvalue weighted by molar-refractivity contribution is 7.98. The van der Waals surface area contributed by atoms with Crippen LogP contribution < -0.4 is 10.3 Å². The number of rotatable bonds is 5. The average Bonchev–Trinajstić information content (AvgIpc) is 2.74. The van der Waals surface area contributed by atoms with Gasteiger partial charge in [0.25, 0.3) is 5.56 Å². The Kier molecular flexibility index (Phi) is 5.68. The summed E-state index contributed by atoms with van der Waals surface area (Å²) < 4.78 is 19.5. The fourth-order valence-electron chi connectivity index (χ4n) is 3.56. The van der Waals surface area contributed by atoms with Crippen molar-refractivity contribution in [1.82, 2.24) is 4.98 Å². The second-order valence-electron chi connectivity index (χ2n) is 6.90. The van der Waals surface area contributed by atoms with E-state index in [0.29, 0.717) is 11.5 Å². The minimum absolute atomic E-state index is 0.183. The van der Waals surface area contributed by atoms with Crippen molar-refractivity contribution in [2.45, 2.75) is 36.5 Å². The largest absolute Gasteiger partial charge is 0.454 e. The van der Waals surface area contributed by atoms with Crippen molar-refractivity contribution in [3.05, 3.63) is 87.0 Å². The number of para-hydroxylation sites is 1. The lowest BCUT2D eigenvalue weighted by molar-refractivity contribution is 0.442. The number of ether oxygens (including phenoxy) is 1. The van der Waals surface area contributed by atoms with Gasteiger partial charge >= 0.3 is 0 Å². The molecule has 3 aromatic rings. The highest BCUT2D eigenvalue weighted by atomic mass is 32.2. The molecule has 2 aromatic carbocycles. The number of pyridine rings is 1. The maximum atomic E-state index is 13.8. The van der Waals surface area contributed by atoms with Gasteiger partial charge in [0.05, 0.1) is 5.03 Å². The van der Waals surface area contributed by atoms with Crippen molar-refractivity contribution in [3.63, 3.8) is 0 Å². The molecule has 1 N–H and O–H groups in total. The summed E-state index contributed by atoms with van der Waals surface area (Å²) in [4.78, 5) is 15.2. The van der Waals surface area contributed by atoms with Gasteiger partial charge in [0.15, 0.2) is 11.6 Å². The summed E-state index contributed by atoms with van der Waals surface area (Å²) in [6, 6.07) is 15.8. The molecule has 0 radical (unpaired) electrons. The number of H-pyrrole nitrogens is 1. The van der Waals surface area contributed by atoms with Gasteiger partial charge in [-0.1, -0.05) is 24.3 Å². The van der Waals surface area contributed by atoms with E-state index < -0.39 is 5.82 Å². The molecule has 1 aromatic heterocycles. The Morgan fingerprint density at radius 1 is 1.10 bits per heavy atom. The summed E-state index contributed by atoms with van der Waals surface area (Å²) in [5, 5.41) is 10.2. The number of halogens is 1. The number of nitriles is 1. The molecule has 0 aliphatic heterocycles. The van der Waals surface area contributed by atoms with E-state index in [4.69, 9.17) is 4.74 Å². The van der Waals surface area contributed by atoms with Crippen LogP contribution in [-0.2, 0) is 18.6 Å². The monoisotopic (exact) mass is 406 g/mol. The second kappa shape index (κ2) is 8.54. The van der Waals surface area contributed by atoms with E-state index in [-0.39, 0.29) is 16.9 Å². The second-order valence-corrected chi connectivity index (χ2v) is 7.89. The molecule has 1 aliphatic rings. The topological polar surface area (TPSA) is 65.9 Å². The third-order valence-electron chi connectivity index (χ3n) is 4.96. The van der Waals surface area contributed by atoms with Crippen LogP contribution in [0.15, 0.2) is 58.4 Å². The predicted octanol–water partition coefficient (Wildman–Crippen LogP) is 5.35. The predicted molar refractivity (Wildman–Crippen MR) is 111 cm³/mol. The summed E-state index contributed by atoms with van der Waals surface area (Å²) in [5.74, 6) is 0.961. The number of hydrogen-bond donors (Lipinski definition) is 1. The molecule has 0 saturated heterocycles. The fourth-order valence-corrected chi connectivity index (χ4v) is 4.62. The fraction of sp³-hybridized carbons (Fsp3) is 0.217. The third-order valence-corrected chi connectivity index (χ3v) is 6.07. The zero-order valence-corrected chi connectivity index (χ0v) is 16.5. The normalized spacial score (nSPS) is 12.8. The molecule has 0 bridgehead atoms. The lowest BCUT2D eigenvalue weighted by atomic mass is 9.90. The van der Waals surface area contributed by atoms with Gasteiger partial charge in [-0.05, 0) is 66.6 Å². The number of thioether (sulfide) groups is 1. The summed E-state index contributed by atoms with van der Waals surface area (Å²) in [7, 11) is 0. The van der Waals surface area contributed by atoms with Gasteiger partial charge in [-0.25, -0.2) is 4.39 Å². The minimum atomic E-state index is -0.408. The van der Waals surface area contributed by atoms with E-state index in [0.717, 1.165) is 47.4 Å². The van der Waals surface area contributed by atoms with E-state index in [1.807, 2.05) is 18.2 Å². The minimum Gasteiger partial charge on any atom is -0.454 e. The van der Waals surface area contributed by atoms with Gasteiger partial charge in [-0.2, -0.15) is 5.26 Å². The Morgan fingerprint density at radius 3 is 2.69 bits per heavy atom. The number of aromatic nitrogens is 1. The zero-order chi connectivity index (χ0) is 20.2. The van der Waals surface area contributed by atoms with Crippen LogP contribution in [0.25, 0.3) is 0 Å². The van der Waals surface area contributed by atoms with Crippen LogP contribution in [0.5, 0.6) is 11.5 Å². The van der Waals surface area contributed by atoms with Crippen molar-refractivity contribution in [1.29, 1.82) is 5.26 Å². The Balaban J connectivity index is 1.54. The maximum absolute atomic E-state index is 13.8. The van der Waals surface area contributed by atoms with Gasteiger partial charge in [0.1, 0.15) is 17.4 Å². The SMILES string of the molecule is N#Cc1c2c(c(SCc3cccc(Oc4ccccc4F)c3)[nH]c1=O)CCCC2. The first-order chi connectivity index (χ1) is 14.2. The molecule has 1 heterocycles. The maximum Gasteiger partial charge on any atom is 0.267 e. The van der Waals surface area contributed by atoms with E-state index in [2.05, 4.69) is 11.1 Å². The van der Waals surface area contributed by atoms with Gasteiger partial charge in [-0.15, -0.1) is 11.8 Å². The van der Waals surface area contributed by atoms with Crippen molar-refractivity contribution in [2.24, 2.45) is 0 Å². The van der Waals surface area contributed by atoms with Crippen molar-refractivity contribution >= 4 is 11.8 Å². The van der Waals surface area contributed by atoms with Crippen LogP contribution in [0.2, 0.25) is 0 Å². The van der Waals surface area contributed by atoms with Crippen molar-refractivity contribution < 1.29 is 9.13 Å². The van der Waals surface area contributed by atoms with E-state index >= 15 is 0 Å². The highest BCUT2D eigenvalue weighted by Crippen LogP contribution is 2.32. The number of benzene rings is 2. The van der Waals surface area contributed by atoms with E-state index in [9.17, 15) is 14.4 Å². The number of nitrogens with one attached hydrogen (secondary N) is 1. The number of nitrogens with zero attached hydrogens (tertiary/aromatic N) is 1. The first-order valence-electron chi connectivity index (χ1n) is 9.48. The summed E-state index contributed by atoms with van der Waals surface area (Å²) in [5.41, 5.74) is 2.94. The van der Waals surface area contributed by atoms with Gasteiger partial charge in [-0.3, -0.25) is 4.79 Å².